The van der Waals surface area contributed by atoms with Gasteiger partial charge in [-0.15, -0.1) is 0 Å². The summed E-state index contributed by atoms with van der Waals surface area (Å²) in [5.74, 6) is 0.707. The summed E-state index contributed by atoms with van der Waals surface area (Å²) in [5, 5.41) is 0. The fourth-order valence-electron chi connectivity index (χ4n) is 3.18. The molecule has 0 amide bonds. The molecule has 0 saturated carbocycles. The van der Waals surface area contributed by atoms with Crippen molar-refractivity contribution in [2.75, 3.05) is 6.61 Å². The smallest absolute Gasteiger partial charge is 0.397 e. The second-order valence-electron chi connectivity index (χ2n) is 7.25. The van der Waals surface area contributed by atoms with Gasteiger partial charge < -0.3 is 9.47 Å². The third-order valence-corrected chi connectivity index (χ3v) is 5.06. The lowest BCUT2D eigenvalue weighted by atomic mass is 9.79. The highest BCUT2D eigenvalue weighted by Gasteiger charge is 2.51. The van der Waals surface area contributed by atoms with Crippen LogP contribution in [0.4, 0.5) is 13.2 Å². The number of halogens is 3. The Morgan fingerprint density at radius 3 is 2.72 bits per heavy atom. The van der Waals surface area contributed by atoms with Crippen LogP contribution in [0.1, 0.15) is 24.5 Å². The molecule has 0 bridgehead atoms. The first kappa shape index (κ1) is 19.2. The molecule has 4 nitrogen and oxygen atoms in total. The Morgan fingerprint density at radius 2 is 1.97 bits per heavy atom. The summed E-state index contributed by atoms with van der Waals surface area (Å²) in [5.41, 5.74) is 0.654. The summed E-state index contributed by atoms with van der Waals surface area (Å²) in [7, 11) is 0. The molecule has 0 fully saturated rings. The van der Waals surface area contributed by atoms with Gasteiger partial charge in [0.2, 0.25) is 5.90 Å². The van der Waals surface area contributed by atoms with Gasteiger partial charge in [-0.1, -0.05) is 42.5 Å². The Hall–Kier alpha value is -3.09. The van der Waals surface area contributed by atoms with Crippen molar-refractivity contribution in [3.8, 4) is 5.75 Å². The Kier molecular flexibility index (Phi) is 4.90. The van der Waals surface area contributed by atoms with Gasteiger partial charge in [-0.25, -0.2) is 4.99 Å². The summed E-state index contributed by atoms with van der Waals surface area (Å²) in [4.78, 5) is 8.50. The average molecular weight is 400 g/mol. The Labute approximate surface area is 166 Å². The van der Waals surface area contributed by atoms with E-state index in [0.29, 0.717) is 29.2 Å². The lowest BCUT2D eigenvalue weighted by Crippen LogP contribution is -2.36. The predicted octanol–water partition coefficient (Wildman–Crippen LogP) is 5.22. The van der Waals surface area contributed by atoms with Gasteiger partial charge >= 0.3 is 6.18 Å². The van der Waals surface area contributed by atoms with Gasteiger partial charge in [0.25, 0.3) is 0 Å². The monoisotopic (exact) mass is 400 g/mol. The number of allylic oxidation sites excluding steroid dienone is 2. The van der Waals surface area contributed by atoms with Gasteiger partial charge in [0.1, 0.15) is 13.2 Å². The van der Waals surface area contributed by atoms with Gasteiger partial charge in [0.05, 0.1) is 22.9 Å². The van der Waals surface area contributed by atoms with Crippen LogP contribution in [0.15, 0.2) is 77.2 Å². The first-order chi connectivity index (χ1) is 13.9. The maximum Gasteiger partial charge on any atom is 0.397 e. The molecule has 2 aromatic rings. The first-order valence-corrected chi connectivity index (χ1v) is 9.16. The summed E-state index contributed by atoms with van der Waals surface area (Å²) < 4.78 is 52.0. The molecule has 1 atom stereocenters. The number of aliphatic imine (C=N–C) groups is 1. The van der Waals surface area contributed by atoms with Gasteiger partial charge in [0.15, 0.2) is 5.75 Å². The molecule has 2 heterocycles. The summed E-state index contributed by atoms with van der Waals surface area (Å²) in [6.45, 7) is 1.67. The molecule has 0 saturated heterocycles. The lowest BCUT2D eigenvalue weighted by Gasteiger charge is -2.34. The number of benzene rings is 1. The maximum absolute atomic E-state index is 13.4. The maximum atomic E-state index is 13.4. The van der Waals surface area contributed by atoms with E-state index in [4.69, 9.17) is 9.47 Å². The van der Waals surface area contributed by atoms with Crippen LogP contribution in [0, 0.1) is 5.41 Å². The van der Waals surface area contributed by atoms with Crippen LogP contribution in [-0.2, 0) is 11.3 Å². The topological polar surface area (TPSA) is 43.7 Å². The van der Waals surface area contributed by atoms with Crippen molar-refractivity contribution in [3.63, 3.8) is 0 Å². The summed E-state index contributed by atoms with van der Waals surface area (Å²) >= 11 is 0. The molecule has 1 unspecified atom stereocenters. The number of hydrogen-bond donors (Lipinski definition) is 0. The van der Waals surface area contributed by atoms with E-state index >= 15 is 0 Å². The van der Waals surface area contributed by atoms with E-state index in [-0.39, 0.29) is 18.9 Å². The quantitative estimate of drug-likeness (QED) is 0.707. The highest BCUT2D eigenvalue weighted by Crippen LogP contribution is 2.47. The molecule has 0 N–H and O–H groups in total. The number of pyridine rings is 1. The third-order valence-electron chi connectivity index (χ3n) is 5.06. The molecule has 1 aliphatic heterocycles. The molecule has 0 spiro atoms. The molecule has 1 aliphatic carbocycles. The largest absolute Gasteiger partial charge is 0.486 e. The van der Waals surface area contributed by atoms with Crippen LogP contribution in [0.2, 0.25) is 0 Å². The van der Waals surface area contributed by atoms with Crippen LogP contribution >= 0.6 is 0 Å². The average Bonchev–Trinajstić information content (AvgIpc) is 2.72. The SMILES string of the molecule is CC1(C(F)(F)F)C=CC2=C(C1)N=C(c1ccncc1OCc1ccccc1)OC2. The number of ether oxygens (including phenoxy) is 2. The molecule has 4 rings (SSSR count). The van der Waals surface area contributed by atoms with Crippen LogP contribution < -0.4 is 4.74 Å². The van der Waals surface area contributed by atoms with E-state index in [0.717, 1.165) is 5.56 Å². The summed E-state index contributed by atoms with van der Waals surface area (Å²) in [6, 6.07) is 11.3. The molecule has 1 aromatic heterocycles. The lowest BCUT2D eigenvalue weighted by molar-refractivity contribution is -0.200. The van der Waals surface area contributed by atoms with Gasteiger partial charge in [0, 0.05) is 18.2 Å². The van der Waals surface area contributed by atoms with E-state index in [1.165, 1.54) is 19.1 Å². The molecule has 150 valence electrons. The van der Waals surface area contributed by atoms with Crippen molar-refractivity contribution in [3.05, 3.63) is 83.3 Å². The molecule has 29 heavy (non-hydrogen) atoms. The first-order valence-electron chi connectivity index (χ1n) is 9.16. The van der Waals surface area contributed by atoms with Crippen molar-refractivity contribution in [2.24, 2.45) is 10.4 Å². The van der Waals surface area contributed by atoms with Crippen molar-refractivity contribution >= 4 is 5.90 Å². The predicted molar refractivity (Wildman–Crippen MR) is 102 cm³/mol. The second-order valence-corrected chi connectivity index (χ2v) is 7.25. The molecule has 7 heteroatoms. The van der Waals surface area contributed by atoms with E-state index in [9.17, 15) is 13.2 Å². The molecular weight excluding hydrogens is 381 g/mol. The van der Waals surface area contributed by atoms with Crippen molar-refractivity contribution in [1.82, 2.24) is 4.98 Å². The summed E-state index contributed by atoms with van der Waals surface area (Å²) in [6.07, 6.45) is 1.20. The minimum Gasteiger partial charge on any atom is -0.486 e. The van der Waals surface area contributed by atoms with E-state index < -0.39 is 11.6 Å². The number of hydrogen-bond acceptors (Lipinski definition) is 4. The van der Waals surface area contributed by atoms with E-state index in [1.807, 2.05) is 30.3 Å². The zero-order valence-electron chi connectivity index (χ0n) is 15.7. The normalized spacial score (nSPS) is 21.3. The fraction of sp³-hybridized carbons (Fsp3) is 0.273. The van der Waals surface area contributed by atoms with Crippen LogP contribution in [0.3, 0.4) is 0 Å². The zero-order valence-corrected chi connectivity index (χ0v) is 15.7. The molecule has 1 aromatic carbocycles. The number of aromatic nitrogens is 1. The van der Waals surface area contributed by atoms with Crippen molar-refractivity contribution in [2.45, 2.75) is 26.1 Å². The molecule has 2 aliphatic rings. The van der Waals surface area contributed by atoms with Crippen molar-refractivity contribution < 1.29 is 22.6 Å². The van der Waals surface area contributed by atoms with E-state index in [1.54, 1.807) is 18.5 Å². The van der Waals surface area contributed by atoms with Gasteiger partial charge in [-0.2, -0.15) is 13.2 Å². The number of nitrogens with zero attached hydrogens (tertiary/aromatic N) is 2. The minimum absolute atomic E-state index is 0.166. The molecular formula is C22H19F3N2O2. The number of rotatable bonds is 4. The van der Waals surface area contributed by atoms with Crippen LogP contribution in [0.25, 0.3) is 0 Å². The number of alkyl halides is 3. The Bertz CT molecular complexity index is 997. The highest BCUT2D eigenvalue weighted by atomic mass is 19.4. The van der Waals surface area contributed by atoms with Gasteiger partial charge in [-0.3, -0.25) is 4.98 Å². The van der Waals surface area contributed by atoms with E-state index in [2.05, 4.69) is 9.98 Å². The van der Waals surface area contributed by atoms with Crippen molar-refractivity contribution in [1.29, 1.82) is 0 Å². The Balaban J connectivity index is 1.60. The highest BCUT2D eigenvalue weighted by molar-refractivity contribution is 5.98. The van der Waals surface area contributed by atoms with Crippen LogP contribution in [0.5, 0.6) is 5.75 Å². The standard InChI is InChI=1S/C22H19F3N2O2/c1-21(22(23,24)25)9-7-16-14-29-20(27-18(16)11-21)17-8-10-26-12-19(17)28-13-15-5-3-2-4-6-15/h2-10,12H,11,13-14H2,1H3. The van der Waals surface area contributed by atoms with Gasteiger partial charge in [-0.05, 0) is 18.6 Å². The second kappa shape index (κ2) is 7.39. The fourth-order valence-corrected chi connectivity index (χ4v) is 3.18. The Morgan fingerprint density at radius 1 is 1.17 bits per heavy atom. The van der Waals surface area contributed by atoms with Crippen LogP contribution in [-0.4, -0.2) is 23.7 Å². The minimum atomic E-state index is -4.35. The molecule has 0 radical (unpaired) electrons. The zero-order chi connectivity index (χ0) is 20.5. The third kappa shape index (κ3) is 3.90.